The van der Waals surface area contributed by atoms with Crippen molar-refractivity contribution in [2.45, 2.75) is 19.3 Å². The summed E-state index contributed by atoms with van der Waals surface area (Å²) in [6, 6.07) is 1.83. The van der Waals surface area contributed by atoms with Gasteiger partial charge >= 0.3 is 0 Å². The van der Waals surface area contributed by atoms with Crippen molar-refractivity contribution in [2.75, 3.05) is 11.1 Å². The minimum Gasteiger partial charge on any atom is -0.383 e. The second-order valence-electron chi connectivity index (χ2n) is 3.79. The van der Waals surface area contributed by atoms with Crippen molar-refractivity contribution in [1.29, 1.82) is 0 Å². The lowest BCUT2D eigenvalue weighted by molar-refractivity contribution is -0.116. The third-order valence-electron chi connectivity index (χ3n) is 2.32. The Balaban J connectivity index is 1.97. The Labute approximate surface area is 102 Å². The van der Waals surface area contributed by atoms with Gasteiger partial charge in [-0.1, -0.05) is 0 Å². The van der Waals surface area contributed by atoms with Crippen LogP contribution in [0.15, 0.2) is 12.3 Å². The summed E-state index contributed by atoms with van der Waals surface area (Å²) < 4.78 is 0.858. The molecular formula is C10H12IN3O. The number of halogens is 1. The molecule has 2 rings (SSSR count). The molecule has 1 aliphatic carbocycles. The highest BCUT2D eigenvalue weighted by Gasteiger charge is 2.24. The third-order valence-corrected chi connectivity index (χ3v) is 3.19. The van der Waals surface area contributed by atoms with E-state index in [4.69, 9.17) is 5.73 Å². The fourth-order valence-electron chi connectivity index (χ4n) is 1.31. The number of carbonyl (C=O) groups excluding carboxylic acids is 1. The first kappa shape index (κ1) is 10.7. The second-order valence-corrected chi connectivity index (χ2v) is 4.95. The van der Waals surface area contributed by atoms with Gasteiger partial charge < -0.3 is 11.1 Å². The number of nitrogen functional groups attached to an aromatic ring is 1. The SMILES string of the molecule is Nc1ncc(NC(=O)CC2CC2)cc1I. The lowest BCUT2D eigenvalue weighted by Gasteiger charge is -2.05. The topological polar surface area (TPSA) is 68.0 Å². The first-order chi connectivity index (χ1) is 7.15. The average Bonchev–Trinajstić information content (AvgIpc) is 2.95. The number of anilines is 2. The van der Waals surface area contributed by atoms with E-state index in [9.17, 15) is 4.79 Å². The summed E-state index contributed by atoms with van der Waals surface area (Å²) in [5, 5.41) is 2.82. The van der Waals surface area contributed by atoms with Gasteiger partial charge in [0.2, 0.25) is 5.91 Å². The highest BCUT2D eigenvalue weighted by molar-refractivity contribution is 14.1. The molecule has 1 saturated carbocycles. The number of hydrogen-bond donors (Lipinski definition) is 2. The van der Waals surface area contributed by atoms with Gasteiger partial charge in [-0.05, 0) is 47.4 Å². The Morgan fingerprint density at radius 2 is 2.40 bits per heavy atom. The number of carbonyl (C=O) groups is 1. The Bertz CT molecular complexity index is 390. The molecule has 15 heavy (non-hydrogen) atoms. The summed E-state index contributed by atoms with van der Waals surface area (Å²) in [7, 11) is 0. The number of amides is 1. The number of nitrogens with zero attached hydrogens (tertiary/aromatic N) is 1. The molecule has 0 aromatic carbocycles. The first-order valence-electron chi connectivity index (χ1n) is 4.86. The van der Waals surface area contributed by atoms with Crippen LogP contribution in [0.25, 0.3) is 0 Å². The van der Waals surface area contributed by atoms with Crippen LogP contribution in [0.2, 0.25) is 0 Å². The molecule has 5 heteroatoms. The smallest absolute Gasteiger partial charge is 0.224 e. The van der Waals surface area contributed by atoms with E-state index >= 15 is 0 Å². The van der Waals surface area contributed by atoms with Gasteiger partial charge in [-0.15, -0.1) is 0 Å². The van der Waals surface area contributed by atoms with Crippen molar-refractivity contribution >= 4 is 40.0 Å². The summed E-state index contributed by atoms with van der Waals surface area (Å²) in [5.74, 6) is 1.17. The van der Waals surface area contributed by atoms with Crippen LogP contribution in [0, 0.1) is 9.49 Å². The van der Waals surface area contributed by atoms with Gasteiger partial charge in [-0.2, -0.15) is 0 Å². The van der Waals surface area contributed by atoms with Gasteiger partial charge in [0, 0.05) is 6.42 Å². The number of aromatic nitrogens is 1. The average molecular weight is 317 g/mol. The Morgan fingerprint density at radius 3 is 3.00 bits per heavy atom. The van der Waals surface area contributed by atoms with Crippen LogP contribution in [-0.2, 0) is 4.79 Å². The Kier molecular flexibility index (Phi) is 3.08. The van der Waals surface area contributed by atoms with E-state index in [1.54, 1.807) is 6.20 Å². The van der Waals surface area contributed by atoms with Gasteiger partial charge in [0.1, 0.15) is 5.82 Å². The maximum Gasteiger partial charge on any atom is 0.224 e. The zero-order valence-electron chi connectivity index (χ0n) is 8.16. The van der Waals surface area contributed by atoms with Crippen molar-refractivity contribution in [2.24, 2.45) is 5.92 Å². The van der Waals surface area contributed by atoms with Crippen molar-refractivity contribution < 1.29 is 4.79 Å². The van der Waals surface area contributed by atoms with Crippen LogP contribution in [0.3, 0.4) is 0 Å². The summed E-state index contributed by atoms with van der Waals surface area (Å²) >= 11 is 2.10. The van der Waals surface area contributed by atoms with E-state index in [0.29, 0.717) is 18.2 Å². The van der Waals surface area contributed by atoms with Crippen LogP contribution < -0.4 is 11.1 Å². The van der Waals surface area contributed by atoms with Crippen LogP contribution in [0.1, 0.15) is 19.3 Å². The van der Waals surface area contributed by atoms with Crippen LogP contribution in [0.4, 0.5) is 11.5 Å². The van der Waals surface area contributed by atoms with E-state index < -0.39 is 0 Å². The molecule has 0 unspecified atom stereocenters. The summed E-state index contributed by atoms with van der Waals surface area (Å²) in [6.45, 7) is 0. The monoisotopic (exact) mass is 317 g/mol. The minimum absolute atomic E-state index is 0.0693. The molecule has 0 aliphatic heterocycles. The highest BCUT2D eigenvalue weighted by atomic mass is 127. The van der Waals surface area contributed by atoms with Crippen LogP contribution in [-0.4, -0.2) is 10.9 Å². The first-order valence-corrected chi connectivity index (χ1v) is 5.94. The molecule has 1 heterocycles. The maximum absolute atomic E-state index is 11.5. The molecule has 1 fully saturated rings. The number of pyridine rings is 1. The van der Waals surface area contributed by atoms with Crippen LogP contribution in [0.5, 0.6) is 0 Å². The molecule has 1 aliphatic rings. The minimum atomic E-state index is 0.0693. The van der Waals surface area contributed by atoms with Gasteiger partial charge in [-0.25, -0.2) is 4.98 Å². The summed E-state index contributed by atoms with van der Waals surface area (Å²) in [6.07, 6.45) is 4.58. The lowest BCUT2D eigenvalue weighted by Crippen LogP contribution is -2.12. The van der Waals surface area contributed by atoms with Crippen LogP contribution >= 0.6 is 22.6 Å². The number of hydrogen-bond acceptors (Lipinski definition) is 3. The normalized spacial score (nSPS) is 15.0. The standard InChI is InChI=1S/C10H12IN3O/c11-8-4-7(5-13-10(8)12)14-9(15)3-6-1-2-6/h4-6H,1-3H2,(H2,12,13)(H,14,15). The molecule has 1 aromatic rings. The van der Waals surface area contributed by atoms with Crippen molar-refractivity contribution in [3.63, 3.8) is 0 Å². The van der Waals surface area contributed by atoms with E-state index in [1.807, 2.05) is 6.07 Å². The van der Waals surface area contributed by atoms with Crippen molar-refractivity contribution in [1.82, 2.24) is 4.98 Å². The summed E-state index contributed by atoms with van der Waals surface area (Å²) in [4.78, 5) is 15.5. The molecule has 80 valence electrons. The van der Waals surface area contributed by atoms with E-state index in [2.05, 4.69) is 32.9 Å². The highest BCUT2D eigenvalue weighted by Crippen LogP contribution is 2.32. The molecule has 4 nitrogen and oxygen atoms in total. The fourth-order valence-corrected chi connectivity index (χ4v) is 1.79. The molecule has 1 aromatic heterocycles. The number of rotatable bonds is 3. The Hall–Kier alpha value is -0.850. The van der Waals surface area contributed by atoms with Gasteiger partial charge in [0.15, 0.2) is 0 Å². The molecule has 1 amide bonds. The van der Waals surface area contributed by atoms with E-state index in [1.165, 1.54) is 12.8 Å². The molecule has 0 radical (unpaired) electrons. The second kappa shape index (κ2) is 4.34. The fraction of sp³-hybridized carbons (Fsp3) is 0.400. The molecular weight excluding hydrogens is 305 g/mol. The zero-order chi connectivity index (χ0) is 10.8. The number of nitrogens with one attached hydrogen (secondary N) is 1. The van der Waals surface area contributed by atoms with E-state index in [0.717, 1.165) is 9.26 Å². The number of nitrogens with two attached hydrogens (primary N) is 1. The predicted octanol–water partition coefficient (Wildman–Crippen LogP) is 2.01. The summed E-state index contributed by atoms with van der Waals surface area (Å²) in [5.41, 5.74) is 6.30. The van der Waals surface area contributed by atoms with Gasteiger partial charge in [-0.3, -0.25) is 4.79 Å². The Morgan fingerprint density at radius 1 is 1.67 bits per heavy atom. The molecule has 0 saturated heterocycles. The lowest BCUT2D eigenvalue weighted by atomic mass is 10.3. The molecule has 0 bridgehead atoms. The molecule has 0 spiro atoms. The van der Waals surface area contributed by atoms with Gasteiger partial charge in [0.05, 0.1) is 15.5 Å². The van der Waals surface area contributed by atoms with Crippen molar-refractivity contribution in [3.05, 3.63) is 15.8 Å². The quantitative estimate of drug-likeness (QED) is 0.838. The van der Waals surface area contributed by atoms with E-state index in [-0.39, 0.29) is 5.91 Å². The van der Waals surface area contributed by atoms with Gasteiger partial charge in [0.25, 0.3) is 0 Å². The zero-order valence-corrected chi connectivity index (χ0v) is 10.3. The molecule has 3 N–H and O–H groups in total. The van der Waals surface area contributed by atoms with Crippen molar-refractivity contribution in [3.8, 4) is 0 Å². The largest absolute Gasteiger partial charge is 0.383 e. The maximum atomic E-state index is 11.5. The third kappa shape index (κ3) is 3.05. The predicted molar refractivity (Wildman–Crippen MR) is 67.3 cm³/mol. The molecule has 0 atom stereocenters.